The molecule has 96 valence electrons. The van der Waals surface area contributed by atoms with E-state index in [9.17, 15) is 4.79 Å². The normalized spacial score (nSPS) is 11.9. The van der Waals surface area contributed by atoms with E-state index in [4.69, 9.17) is 5.11 Å². The van der Waals surface area contributed by atoms with E-state index in [1.165, 1.54) is 0 Å². The van der Waals surface area contributed by atoms with E-state index in [-0.39, 0.29) is 11.8 Å². The molecule has 0 aliphatic rings. The van der Waals surface area contributed by atoms with Crippen molar-refractivity contribution in [2.24, 2.45) is 12.5 Å². The molecule has 0 aliphatic heterocycles. The summed E-state index contributed by atoms with van der Waals surface area (Å²) in [5.41, 5.74) is 1.75. The summed E-state index contributed by atoms with van der Waals surface area (Å²) in [5.74, 6) is 0.168. The second-order valence-electron chi connectivity index (χ2n) is 5.49. The first-order chi connectivity index (χ1) is 8.39. The summed E-state index contributed by atoms with van der Waals surface area (Å²) in [4.78, 5) is 15.4. The predicted octanol–water partition coefficient (Wildman–Crippen LogP) is 2.62. The summed E-state index contributed by atoms with van der Waals surface area (Å²) >= 11 is 0. The van der Waals surface area contributed by atoms with Crippen molar-refractivity contribution in [1.82, 2.24) is 9.55 Å². The van der Waals surface area contributed by atoms with Gasteiger partial charge in [0.2, 0.25) is 0 Å². The topological polar surface area (TPSA) is 55.1 Å². The summed E-state index contributed by atoms with van der Waals surface area (Å²) in [6.07, 6.45) is 0.806. The Kier molecular flexibility index (Phi) is 3.11. The van der Waals surface area contributed by atoms with Crippen molar-refractivity contribution in [3.63, 3.8) is 0 Å². The molecule has 0 radical (unpaired) electrons. The molecule has 0 atom stereocenters. The van der Waals surface area contributed by atoms with Gasteiger partial charge in [0, 0.05) is 13.5 Å². The van der Waals surface area contributed by atoms with Crippen LogP contribution in [0, 0.1) is 5.41 Å². The Balaban J connectivity index is 2.32. The Morgan fingerprint density at radius 3 is 2.67 bits per heavy atom. The molecule has 1 aromatic carbocycles. The van der Waals surface area contributed by atoms with Crippen molar-refractivity contribution in [2.45, 2.75) is 26.7 Å². The number of aromatic nitrogens is 2. The molecule has 0 unspecified atom stereocenters. The SMILES string of the molecule is Cn1c(CC(C)(C)CC(=O)O)nc2ccccc21. The molecule has 0 aliphatic carbocycles. The first-order valence-electron chi connectivity index (χ1n) is 6.01. The number of para-hydroxylation sites is 2. The lowest BCUT2D eigenvalue weighted by atomic mass is 9.85. The minimum atomic E-state index is -0.765. The number of rotatable bonds is 4. The van der Waals surface area contributed by atoms with Crippen molar-refractivity contribution in [3.05, 3.63) is 30.1 Å². The van der Waals surface area contributed by atoms with Crippen molar-refractivity contribution in [3.8, 4) is 0 Å². The van der Waals surface area contributed by atoms with Crippen LogP contribution < -0.4 is 0 Å². The fourth-order valence-electron chi connectivity index (χ4n) is 2.25. The largest absolute Gasteiger partial charge is 0.481 e. The summed E-state index contributed by atoms with van der Waals surface area (Å²) < 4.78 is 2.04. The van der Waals surface area contributed by atoms with Crippen LogP contribution in [0.5, 0.6) is 0 Å². The molecule has 0 amide bonds. The molecule has 1 N–H and O–H groups in total. The smallest absolute Gasteiger partial charge is 0.303 e. The minimum absolute atomic E-state index is 0.149. The Bertz CT molecular complexity index is 584. The lowest BCUT2D eigenvalue weighted by Gasteiger charge is -2.21. The Morgan fingerprint density at radius 2 is 2.06 bits per heavy atom. The maximum absolute atomic E-state index is 10.8. The summed E-state index contributed by atoms with van der Waals surface area (Å²) in [5, 5.41) is 8.91. The van der Waals surface area contributed by atoms with Gasteiger partial charge in [-0.15, -0.1) is 0 Å². The lowest BCUT2D eigenvalue weighted by molar-refractivity contribution is -0.139. The van der Waals surface area contributed by atoms with Crippen LogP contribution in [0.2, 0.25) is 0 Å². The van der Waals surface area contributed by atoms with Crippen LogP contribution >= 0.6 is 0 Å². The van der Waals surface area contributed by atoms with Gasteiger partial charge in [0.25, 0.3) is 0 Å². The van der Waals surface area contributed by atoms with Gasteiger partial charge in [-0.1, -0.05) is 26.0 Å². The minimum Gasteiger partial charge on any atom is -0.481 e. The van der Waals surface area contributed by atoms with Crippen molar-refractivity contribution < 1.29 is 9.90 Å². The van der Waals surface area contributed by atoms with Crippen LogP contribution in [0.25, 0.3) is 11.0 Å². The highest BCUT2D eigenvalue weighted by Crippen LogP contribution is 2.27. The van der Waals surface area contributed by atoms with Gasteiger partial charge in [-0.05, 0) is 17.5 Å². The molecule has 0 spiro atoms. The summed E-state index contributed by atoms with van der Waals surface area (Å²) in [7, 11) is 1.97. The van der Waals surface area contributed by atoms with Gasteiger partial charge in [-0.3, -0.25) is 4.79 Å². The molecule has 18 heavy (non-hydrogen) atoms. The fourth-order valence-corrected chi connectivity index (χ4v) is 2.25. The first kappa shape index (κ1) is 12.6. The van der Waals surface area contributed by atoms with Gasteiger partial charge in [0.05, 0.1) is 17.5 Å². The molecule has 2 rings (SSSR count). The maximum Gasteiger partial charge on any atom is 0.303 e. The molecule has 0 bridgehead atoms. The predicted molar refractivity (Wildman–Crippen MR) is 70.5 cm³/mol. The number of carboxylic acid groups (broad SMARTS) is 1. The van der Waals surface area contributed by atoms with Crippen LogP contribution in [0.4, 0.5) is 0 Å². The van der Waals surface area contributed by atoms with Gasteiger partial charge in [0.1, 0.15) is 5.82 Å². The highest BCUT2D eigenvalue weighted by molar-refractivity contribution is 5.75. The molecule has 4 nitrogen and oxygen atoms in total. The molecule has 4 heteroatoms. The summed E-state index contributed by atoms with van der Waals surface area (Å²) in [6, 6.07) is 7.94. The molecular formula is C14H18N2O2. The number of hydrogen-bond acceptors (Lipinski definition) is 2. The average molecular weight is 246 g/mol. The van der Waals surface area contributed by atoms with Crippen LogP contribution in [-0.2, 0) is 18.3 Å². The molecule has 1 aromatic heterocycles. The van der Waals surface area contributed by atoms with E-state index >= 15 is 0 Å². The molecule has 0 saturated heterocycles. The van der Waals surface area contributed by atoms with Gasteiger partial charge in [-0.2, -0.15) is 0 Å². The molecule has 1 heterocycles. The Hall–Kier alpha value is -1.84. The van der Waals surface area contributed by atoms with E-state index in [2.05, 4.69) is 4.98 Å². The van der Waals surface area contributed by atoms with E-state index < -0.39 is 5.97 Å². The van der Waals surface area contributed by atoms with Gasteiger partial charge in [-0.25, -0.2) is 4.98 Å². The third kappa shape index (κ3) is 2.53. The number of hydrogen-bond donors (Lipinski definition) is 1. The zero-order chi connectivity index (χ0) is 13.3. The number of imidazole rings is 1. The zero-order valence-electron chi connectivity index (χ0n) is 11.0. The van der Waals surface area contributed by atoms with Crippen LogP contribution in [0.15, 0.2) is 24.3 Å². The van der Waals surface area contributed by atoms with E-state index in [1.54, 1.807) is 0 Å². The van der Waals surface area contributed by atoms with Crippen molar-refractivity contribution >= 4 is 17.0 Å². The highest BCUT2D eigenvalue weighted by atomic mass is 16.4. The van der Waals surface area contributed by atoms with Crippen molar-refractivity contribution in [1.29, 1.82) is 0 Å². The zero-order valence-corrected chi connectivity index (χ0v) is 11.0. The average Bonchev–Trinajstić information content (AvgIpc) is 2.54. The van der Waals surface area contributed by atoms with Gasteiger partial charge >= 0.3 is 5.97 Å². The first-order valence-corrected chi connectivity index (χ1v) is 6.01. The summed E-state index contributed by atoms with van der Waals surface area (Å²) in [6.45, 7) is 3.92. The van der Waals surface area contributed by atoms with Crippen LogP contribution in [-0.4, -0.2) is 20.6 Å². The van der Waals surface area contributed by atoms with Crippen LogP contribution in [0.3, 0.4) is 0 Å². The number of fused-ring (bicyclic) bond motifs is 1. The number of carbonyl (C=O) groups is 1. The third-order valence-electron chi connectivity index (χ3n) is 3.15. The van der Waals surface area contributed by atoms with Gasteiger partial charge < -0.3 is 9.67 Å². The standard InChI is InChI=1S/C14H18N2O2/c1-14(2,9-13(17)18)8-12-15-10-6-4-5-7-11(10)16(12)3/h4-7H,8-9H2,1-3H3,(H,17,18). The highest BCUT2D eigenvalue weighted by Gasteiger charge is 2.24. The second kappa shape index (κ2) is 4.44. The second-order valence-corrected chi connectivity index (χ2v) is 5.49. The monoisotopic (exact) mass is 246 g/mol. The molecule has 2 aromatic rings. The van der Waals surface area contributed by atoms with E-state index in [0.29, 0.717) is 6.42 Å². The lowest BCUT2D eigenvalue weighted by Crippen LogP contribution is -2.21. The Labute approximate surface area is 106 Å². The molecular weight excluding hydrogens is 228 g/mol. The number of aryl methyl sites for hydroxylation is 1. The molecule has 0 fully saturated rings. The third-order valence-corrected chi connectivity index (χ3v) is 3.15. The Morgan fingerprint density at radius 1 is 1.39 bits per heavy atom. The van der Waals surface area contributed by atoms with Crippen molar-refractivity contribution in [2.75, 3.05) is 0 Å². The molecule has 0 saturated carbocycles. The number of carboxylic acids is 1. The number of benzene rings is 1. The maximum atomic E-state index is 10.8. The fraction of sp³-hybridized carbons (Fsp3) is 0.429. The number of nitrogens with zero attached hydrogens (tertiary/aromatic N) is 2. The van der Waals surface area contributed by atoms with E-state index in [1.807, 2.05) is 49.7 Å². The van der Waals surface area contributed by atoms with E-state index in [0.717, 1.165) is 16.9 Å². The quantitative estimate of drug-likeness (QED) is 0.902. The number of aliphatic carboxylic acids is 1. The van der Waals surface area contributed by atoms with Gasteiger partial charge in [0.15, 0.2) is 0 Å². The van der Waals surface area contributed by atoms with Crippen LogP contribution in [0.1, 0.15) is 26.1 Å².